The summed E-state index contributed by atoms with van der Waals surface area (Å²) in [4.78, 5) is 23.2. The summed E-state index contributed by atoms with van der Waals surface area (Å²) in [6.07, 6.45) is 2.03. The van der Waals surface area contributed by atoms with Crippen molar-refractivity contribution in [1.82, 2.24) is 0 Å². The van der Waals surface area contributed by atoms with E-state index in [0.717, 1.165) is 12.8 Å². The highest BCUT2D eigenvalue weighted by atomic mass is 35.6. The van der Waals surface area contributed by atoms with Crippen LogP contribution in [0.2, 0.25) is 18.6 Å². The molecule has 3 fully saturated rings. The fourth-order valence-corrected chi connectivity index (χ4v) is 7.02. The van der Waals surface area contributed by atoms with E-state index in [9.17, 15) is 9.59 Å². The molecular formula is C11H15ClO3Si. The monoisotopic (exact) mass is 258 g/mol. The zero-order valence-electron chi connectivity index (χ0n) is 9.40. The number of carbonyl (C=O) groups excluding carboxylic acids is 2. The van der Waals surface area contributed by atoms with Gasteiger partial charge in [0.05, 0.1) is 11.8 Å². The minimum Gasteiger partial charge on any atom is -0.393 e. The number of carbonyl (C=O) groups is 2. The van der Waals surface area contributed by atoms with E-state index in [1.54, 1.807) is 0 Å². The van der Waals surface area contributed by atoms with Crippen LogP contribution in [0.5, 0.6) is 0 Å². The summed E-state index contributed by atoms with van der Waals surface area (Å²) in [6, 6.07) is 0. The lowest BCUT2D eigenvalue weighted by atomic mass is 9.81. The van der Waals surface area contributed by atoms with Gasteiger partial charge in [0, 0.05) is 0 Å². The molecule has 0 radical (unpaired) electrons. The third-order valence-electron chi connectivity index (χ3n) is 4.63. The van der Waals surface area contributed by atoms with E-state index < -0.39 is 7.38 Å². The number of hydrogen-bond donors (Lipinski definition) is 0. The van der Waals surface area contributed by atoms with Crippen LogP contribution in [-0.4, -0.2) is 19.3 Å². The molecule has 2 bridgehead atoms. The Morgan fingerprint density at radius 2 is 1.81 bits per heavy atom. The van der Waals surface area contributed by atoms with Crippen LogP contribution in [0.1, 0.15) is 12.8 Å². The summed E-state index contributed by atoms with van der Waals surface area (Å²) >= 11 is 6.51. The first-order valence-electron chi connectivity index (χ1n) is 5.84. The molecule has 2 aliphatic carbocycles. The van der Waals surface area contributed by atoms with Crippen molar-refractivity contribution in [2.45, 2.75) is 31.5 Å². The Morgan fingerprint density at radius 3 is 2.44 bits per heavy atom. The van der Waals surface area contributed by atoms with Crippen LogP contribution in [0.25, 0.3) is 0 Å². The Bertz CT molecular complexity index is 376. The molecule has 3 nitrogen and oxygen atoms in total. The molecule has 0 N–H and O–H groups in total. The molecule has 2 saturated carbocycles. The summed E-state index contributed by atoms with van der Waals surface area (Å²) in [5.41, 5.74) is 0.471. The van der Waals surface area contributed by atoms with E-state index in [2.05, 4.69) is 13.1 Å². The van der Waals surface area contributed by atoms with Crippen LogP contribution in [-0.2, 0) is 14.3 Å². The maximum absolute atomic E-state index is 11.7. The summed E-state index contributed by atoms with van der Waals surface area (Å²) in [5, 5.41) is 0. The SMILES string of the molecule is C[Si](C)(Cl)C1CC2CC1C1C(=O)OC(=O)C21. The molecule has 0 spiro atoms. The van der Waals surface area contributed by atoms with E-state index in [4.69, 9.17) is 15.8 Å². The zero-order valence-corrected chi connectivity index (χ0v) is 11.2. The van der Waals surface area contributed by atoms with E-state index in [1.807, 2.05) is 0 Å². The zero-order chi connectivity index (χ0) is 11.7. The average molecular weight is 259 g/mol. The molecule has 0 aromatic carbocycles. The van der Waals surface area contributed by atoms with Gasteiger partial charge in [-0.1, -0.05) is 13.1 Å². The smallest absolute Gasteiger partial charge is 0.317 e. The van der Waals surface area contributed by atoms with Crippen LogP contribution >= 0.6 is 11.1 Å². The third kappa shape index (κ3) is 1.26. The molecule has 1 aliphatic heterocycles. The van der Waals surface area contributed by atoms with Crippen molar-refractivity contribution in [3.05, 3.63) is 0 Å². The maximum Gasteiger partial charge on any atom is 0.317 e. The molecule has 0 aromatic heterocycles. The van der Waals surface area contributed by atoms with Crippen molar-refractivity contribution < 1.29 is 14.3 Å². The number of fused-ring (bicyclic) bond motifs is 5. The Kier molecular flexibility index (Phi) is 2.09. The molecule has 0 amide bonds. The topological polar surface area (TPSA) is 43.4 Å². The lowest BCUT2D eigenvalue weighted by Crippen LogP contribution is -2.37. The first-order valence-corrected chi connectivity index (χ1v) is 9.93. The van der Waals surface area contributed by atoms with Crippen LogP contribution in [0.15, 0.2) is 0 Å². The van der Waals surface area contributed by atoms with E-state index in [-0.39, 0.29) is 23.8 Å². The highest BCUT2D eigenvalue weighted by Gasteiger charge is 2.64. The molecule has 3 rings (SSSR count). The predicted octanol–water partition coefficient (Wildman–Crippen LogP) is 2.16. The van der Waals surface area contributed by atoms with Crippen LogP contribution in [0.3, 0.4) is 0 Å². The van der Waals surface area contributed by atoms with Gasteiger partial charge in [-0.2, -0.15) is 11.1 Å². The molecule has 5 atom stereocenters. The van der Waals surface area contributed by atoms with Gasteiger partial charge in [-0.25, -0.2) is 0 Å². The minimum absolute atomic E-state index is 0.137. The van der Waals surface area contributed by atoms with Crippen molar-refractivity contribution in [2.75, 3.05) is 0 Å². The second-order valence-electron chi connectivity index (χ2n) is 5.86. The van der Waals surface area contributed by atoms with Gasteiger partial charge in [0.15, 0.2) is 7.38 Å². The molecule has 0 aromatic rings. The largest absolute Gasteiger partial charge is 0.393 e. The standard InChI is InChI=1S/C11H15ClO3Si/c1-16(2,12)7-4-5-3-6(7)9-8(5)10(13)15-11(9)14/h5-9H,3-4H2,1-2H3. The highest BCUT2D eigenvalue weighted by Crippen LogP contribution is 2.63. The highest BCUT2D eigenvalue weighted by molar-refractivity contribution is 7.19. The molecule has 1 saturated heterocycles. The number of rotatable bonds is 1. The summed E-state index contributed by atoms with van der Waals surface area (Å²) in [5.74, 6) is -0.210. The fraction of sp³-hybridized carbons (Fsp3) is 0.818. The van der Waals surface area contributed by atoms with Gasteiger partial charge in [-0.3, -0.25) is 9.59 Å². The van der Waals surface area contributed by atoms with E-state index in [1.165, 1.54) is 0 Å². The lowest BCUT2D eigenvalue weighted by Gasteiger charge is -2.33. The average Bonchev–Trinajstić information content (AvgIpc) is 2.76. The Hall–Kier alpha value is -0.353. The summed E-state index contributed by atoms with van der Waals surface area (Å²) < 4.78 is 4.76. The summed E-state index contributed by atoms with van der Waals surface area (Å²) in [7, 11) is -1.74. The second kappa shape index (κ2) is 3.10. The van der Waals surface area contributed by atoms with Crippen LogP contribution in [0.4, 0.5) is 0 Å². The number of hydrogen-bond acceptors (Lipinski definition) is 3. The molecule has 1 heterocycles. The van der Waals surface area contributed by atoms with Crippen molar-refractivity contribution in [2.24, 2.45) is 23.7 Å². The van der Waals surface area contributed by atoms with Crippen molar-refractivity contribution in [1.29, 1.82) is 0 Å². The number of ether oxygens (including phenoxy) is 1. The van der Waals surface area contributed by atoms with Gasteiger partial charge < -0.3 is 4.74 Å². The molecule has 16 heavy (non-hydrogen) atoms. The van der Waals surface area contributed by atoms with Gasteiger partial charge in [-0.15, -0.1) is 0 Å². The normalized spacial score (nSPS) is 46.1. The van der Waals surface area contributed by atoms with Crippen LogP contribution in [0, 0.1) is 23.7 Å². The van der Waals surface area contributed by atoms with Crippen molar-refractivity contribution >= 4 is 30.4 Å². The Morgan fingerprint density at radius 1 is 1.19 bits per heavy atom. The Balaban J connectivity index is 1.93. The number of cyclic esters (lactones) is 2. The maximum atomic E-state index is 11.7. The first kappa shape index (κ1) is 10.8. The van der Waals surface area contributed by atoms with E-state index >= 15 is 0 Å². The van der Waals surface area contributed by atoms with E-state index in [0.29, 0.717) is 17.4 Å². The minimum atomic E-state index is -1.74. The van der Waals surface area contributed by atoms with Crippen LogP contribution < -0.4 is 0 Å². The lowest BCUT2D eigenvalue weighted by molar-refractivity contribution is -0.154. The third-order valence-corrected chi connectivity index (χ3v) is 7.90. The molecule has 3 aliphatic rings. The van der Waals surface area contributed by atoms with Gasteiger partial charge in [-0.05, 0) is 30.2 Å². The fourth-order valence-electron chi connectivity index (χ4n) is 4.05. The van der Waals surface area contributed by atoms with Crippen molar-refractivity contribution in [3.63, 3.8) is 0 Å². The Labute approximate surface area is 100 Å². The first-order chi connectivity index (χ1) is 7.39. The van der Waals surface area contributed by atoms with Gasteiger partial charge in [0.2, 0.25) is 0 Å². The molecule has 5 heteroatoms. The summed E-state index contributed by atoms with van der Waals surface area (Å²) in [6.45, 7) is 4.27. The van der Waals surface area contributed by atoms with Gasteiger partial charge in [0.25, 0.3) is 0 Å². The number of esters is 2. The van der Waals surface area contributed by atoms with Crippen molar-refractivity contribution in [3.8, 4) is 0 Å². The predicted molar refractivity (Wildman–Crippen MR) is 61.4 cm³/mol. The molecular weight excluding hydrogens is 244 g/mol. The van der Waals surface area contributed by atoms with Gasteiger partial charge >= 0.3 is 11.9 Å². The molecule has 5 unspecified atom stereocenters. The van der Waals surface area contributed by atoms with Gasteiger partial charge in [0.1, 0.15) is 0 Å². The quantitative estimate of drug-likeness (QED) is 0.313. The number of halogens is 1. The molecule has 88 valence electrons. The second-order valence-corrected chi connectivity index (χ2v) is 12.7.